The van der Waals surface area contributed by atoms with E-state index in [2.05, 4.69) is 10.6 Å². The average Bonchev–Trinajstić information content (AvgIpc) is 2.40. The van der Waals surface area contributed by atoms with Crippen LogP contribution in [0.4, 0.5) is 11.4 Å². The van der Waals surface area contributed by atoms with Crippen molar-refractivity contribution in [3.63, 3.8) is 0 Å². The molecule has 0 aliphatic carbocycles. The van der Waals surface area contributed by atoms with E-state index < -0.39 is 12.0 Å². The molecule has 0 spiro atoms. The average molecular weight is 281 g/mol. The molecule has 0 fully saturated rings. The van der Waals surface area contributed by atoms with E-state index in [9.17, 15) is 9.59 Å². The fourth-order valence-electron chi connectivity index (χ4n) is 1.62. The van der Waals surface area contributed by atoms with Crippen molar-refractivity contribution in [2.24, 2.45) is 0 Å². The van der Waals surface area contributed by atoms with Crippen LogP contribution in [0.1, 0.15) is 17.3 Å². The van der Waals surface area contributed by atoms with Gasteiger partial charge in [0.25, 0.3) is 0 Å². The Labute approximate surface area is 117 Å². The van der Waals surface area contributed by atoms with Crippen LogP contribution in [0.15, 0.2) is 18.2 Å². The molecule has 7 heteroatoms. The lowest BCUT2D eigenvalue weighted by Gasteiger charge is -2.18. The Balaban J connectivity index is 2.77. The molecule has 5 N–H and O–H groups in total. The number of carbonyl (C=O) groups is 2. The van der Waals surface area contributed by atoms with Gasteiger partial charge in [0.15, 0.2) is 0 Å². The van der Waals surface area contributed by atoms with Gasteiger partial charge >= 0.3 is 5.97 Å². The van der Waals surface area contributed by atoms with E-state index in [1.807, 2.05) is 0 Å². The van der Waals surface area contributed by atoms with Crippen molar-refractivity contribution >= 4 is 23.3 Å². The fourth-order valence-corrected chi connectivity index (χ4v) is 1.62. The molecule has 1 aromatic rings. The highest BCUT2D eigenvalue weighted by molar-refractivity contribution is 5.98. The van der Waals surface area contributed by atoms with Gasteiger partial charge in [-0.15, -0.1) is 0 Å². The Morgan fingerprint density at radius 2 is 2.15 bits per heavy atom. The predicted octanol–water partition coefficient (Wildman–Crippen LogP) is 0.530. The number of rotatable bonds is 7. The van der Waals surface area contributed by atoms with E-state index in [1.54, 1.807) is 19.1 Å². The van der Waals surface area contributed by atoms with Gasteiger partial charge in [-0.3, -0.25) is 4.79 Å². The highest BCUT2D eigenvalue weighted by atomic mass is 16.5. The van der Waals surface area contributed by atoms with E-state index in [0.717, 1.165) is 0 Å². The topological polar surface area (TPSA) is 114 Å². The van der Waals surface area contributed by atoms with Crippen LogP contribution in [-0.4, -0.2) is 43.3 Å². The van der Waals surface area contributed by atoms with Crippen molar-refractivity contribution in [2.75, 3.05) is 31.3 Å². The van der Waals surface area contributed by atoms with Crippen molar-refractivity contribution in [2.45, 2.75) is 13.0 Å². The maximum atomic E-state index is 11.8. The third-order valence-corrected chi connectivity index (χ3v) is 2.69. The van der Waals surface area contributed by atoms with Crippen LogP contribution in [0.2, 0.25) is 0 Å². The smallest absolute Gasteiger partial charge is 0.337 e. The number of para-hydroxylation sites is 1. The number of carboxylic acids is 1. The number of benzene rings is 1. The van der Waals surface area contributed by atoms with Crippen LogP contribution < -0.4 is 16.4 Å². The number of methoxy groups -OCH3 is 1. The van der Waals surface area contributed by atoms with Crippen LogP contribution >= 0.6 is 0 Å². The van der Waals surface area contributed by atoms with Gasteiger partial charge in [0.2, 0.25) is 5.91 Å². The minimum absolute atomic E-state index is 0.0292. The molecule has 110 valence electrons. The molecule has 7 nitrogen and oxygen atoms in total. The lowest BCUT2D eigenvalue weighted by Crippen LogP contribution is -2.39. The second-order valence-corrected chi connectivity index (χ2v) is 4.22. The van der Waals surface area contributed by atoms with Crippen molar-refractivity contribution in [3.8, 4) is 0 Å². The zero-order valence-electron chi connectivity index (χ0n) is 11.5. The molecule has 1 aromatic carbocycles. The molecule has 0 saturated heterocycles. The zero-order valence-corrected chi connectivity index (χ0v) is 11.5. The van der Waals surface area contributed by atoms with Crippen LogP contribution in [-0.2, 0) is 9.53 Å². The summed E-state index contributed by atoms with van der Waals surface area (Å²) in [5.74, 6) is -1.37. The molecule has 20 heavy (non-hydrogen) atoms. The van der Waals surface area contributed by atoms with E-state index in [0.29, 0.717) is 13.2 Å². The van der Waals surface area contributed by atoms with Crippen LogP contribution in [0.3, 0.4) is 0 Å². The van der Waals surface area contributed by atoms with E-state index in [1.165, 1.54) is 13.2 Å². The van der Waals surface area contributed by atoms with E-state index >= 15 is 0 Å². The Morgan fingerprint density at radius 3 is 2.75 bits per heavy atom. The first kappa shape index (κ1) is 15.8. The summed E-state index contributed by atoms with van der Waals surface area (Å²) in [6, 6.07) is 3.93. The Hall–Kier alpha value is -2.28. The van der Waals surface area contributed by atoms with Crippen LogP contribution in [0.5, 0.6) is 0 Å². The van der Waals surface area contributed by atoms with Crippen molar-refractivity contribution in [1.29, 1.82) is 0 Å². The van der Waals surface area contributed by atoms with Gasteiger partial charge in [0, 0.05) is 13.7 Å². The molecule has 1 rings (SSSR count). The number of amides is 1. The molecular formula is C13H19N3O4. The lowest BCUT2D eigenvalue weighted by molar-refractivity contribution is -0.121. The first-order valence-electron chi connectivity index (χ1n) is 6.12. The molecular weight excluding hydrogens is 262 g/mol. The molecule has 0 aliphatic rings. The van der Waals surface area contributed by atoms with E-state index in [4.69, 9.17) is 15.6 Å². The van der Waals surface area contributed by atoms with Gasteiger partial charge in [-0.1, -0.05) is 6.07 Å². The summed E-state index contributed by atoms with van der Waals surface area (Å²) in [6.45, 7) is 2.42. The number of nitrogens with one attached hydrogen (secondary N) is 2. The minimum atomic E-state index is -1.10. The number of hydrogen-bond donors (Lipinski definition) is 4. The molecule has 1 atom stereocenters. The second kappa shape index (κ2) is 7.34. The summed E-state index contributed by atoms with van der Waals surface area (Å²) >= 11 is 0. The van der Waals surface area contributed by atoms with Gasteiger partial charge in [-0.05, 0) is 19.1 Å². The summed E-state index contributed by atoms with van der Waals surface area (Å²) in [7, 11) is 1.54. The number of hydrogen-bond acceptors (Lipinski definition) is 5. The van der Waals surface area contributed by atoms with Gasteiger partial charge in [0.1, 0.15) is 6.04 Å². The molecule has 0 aliphatic heterocycles. The third-order valence-electron chi connectivity index (χ3n) is 2.69. The number of carbonyl (C=O) groups excluding carboxylic acids is 1. The minimum Gasteiger partial charge on any atom is -0.478 e. The predicted molar refractivity (Wildman–Crippen MR) is 75.8 cm³/mol. The molecule has 1 amide bonds. The fraction of sp³-hybridized carbons (Fsp3) is 0.385. The molecule has 1 unspecified atom stereocenters. The van der Waals surface area contributed by atoms with Crippen molar-refractivity contribution < 1.29 is 19.4 Å². The summed E-state index contributed by atoms with van der Waals surface area (Å²) in [5.41, 5.74) is 6.30. The number of nitrogen functional groups attached to an aromatic ring is 1. The van der Waals surface area contributed by atoms with Crippen molar-refractivity contribution in [1.82, 2.24) is 5.32 Å². The van der Waals surface area contributed by atoms with Crippen LogP contribution in [0, 0.1) is 0 Å². The number of carboxylic acid groups (broad SMARTS) is 1. The summed E-state index contributed by atoms with van der Waals surface area (Å²) in [5, 5.41) is 14.6. The van der Waals surface area contributed by atoms with E-state index in [-0.39, 0.29) is 22.8 Å². The maximum Gasteiger partial charge on any atom is 0.337 e. The Morgan fingerprint density at radius 1 is 1.45 bits per heavy atom. The lowest BCUT2D eigenvalue weighted by atomic mass is 10.1. The van der Waals surface area contributed by atoms with Crippen molar-refractivity contribution in [3.05, 3.63) is 23.8 Å². The van der Waals surface area contributed by atoms with Crippen LogP contribution in [0.25, 0.3) is 0 Å². The molecule has 0 heterocycles. The molecule has 0 saturated carbocycles. The summed E-state index contributed by atoms with van der Waals surface area (Å²) in [4.78, 5) is 22.9. The van der Waals surface area contributed by atoms with Gasteiger partial charge in [-0.25, -0.2) is 4.79 Å². The number of nitrogens with two attached hydrogens (primary N) is 1. The number of aromatic carboxylic acids is 1. The molecule has 0 bridgehead atoms. The van der Waals surface area contributed by atoms with Gasteiger partial charge in [0.05, 0.1) is 23.5 Å². The highest BCUT2D eigenvalue weighted by Gasteiger charge is 2.18. The quantitative estimate of drug-likeness (QED) is 0.428. The Bertz CT molecular complexity index is 491. The van der Waals surface area contributed by atoms with Gasteiger partial charge in [-0.2, -0.15) is 0 Å². The summed E-state index contributed by atoms with van der Waals surface area (Å²) in [6.07, 6.45) is 0. The molecule has 0 radical (unpaired) electrons. The summed E-state index contributed by atoms with van der Waals surface area (Å²) < 4.78 is 4.83. The Kier molecular flexibility index (Phi) is 5.79. The normalized spacial score (nSPS) is 11.7. The molecule has 0 aromatic heterocycles. The first-order chi connectivity index (χ1) is 9.47. The SMILES string of the molecule is COCCNC(=O)C(C)Nc1c(N)cccc1C(=O)O. The second-order valence-electron chi connectivity index (χ2n) is 4.22. The first-order valence-corrected chi connectivity index (χ1v) is 6.12. The number of anilines is 2. The largest absolute Gasteiger partial charge is 0.478 e. The zero-order chi connectivity index (χ0) is 15.1. The maximum absolute atomic E-state index is 11.8. The third kappa shape index (κ3) is 4.13. The number of ether oxygens (including phenoxy) is 1. The standard InChI is InChI=1S/C13H19N3O4/c1-8(12(17)15-6-7-20-2)16-11-9(13(18)19)4-3-5-10(11)14/h3-5,8,16H,6-7,14H2,1-2H3,(H,15,17)(H,18,19). The highest BCUT2D eigenvalue weighted by Crippen LogP contribution is 2.24. The van der Waals surface area contributed by atoms with Gasteiger partial charge < -0.3 is 26.2 Å². The monoisotopic (exact) mass is 281 g/mol.